The molecule has 0 aromatic carbocycles. The second kappa shape index (κ2) is 7.81. The van der Waals surface area contributed by atoms with Gasteiger partial charge < -0.3 is 10.1 Å². The Labute approximate surface area is 122 Å². The first kappa shape index (κ1) is 16.4. The molecule has 0 aliphatic heterocycles. The van der Waals surface area contributed by atoms with Crippen molar-refractivity contribution in [1.82, 2.24) is 14.7 Å². The molecule has 2 atom stereocenters. The van der Waals surface area contributed by atoms with Gasteiger partial charge in [-0.3, -0.25) is 4.79 Å². The molecule has 0 aliphatic carbocycles. The van der Waals surface area contributed by atoms with E-state index in [0.29, 0.717) is 13.0 Å². The van der Waals surface area contributed by atoms with E-state index in [-0.39, 0.29) is 11.2 Å². The Hall–Kier alpha value is -0.660. The molecule has 1 aromatic rings. The third kappa shape index (κ3) is 5.08. The third-order valence-corrected chi connectivity index (χ3v) is 4.48. The van der Waals surface area contributed by atoms with Gasteiger partial charge in [-0.2, -0.15) is 4.37 Å². The number of nitrogens with one attached hydrogen (secondary N) is 1. The molecule has 0 saturated carbocycles. The van der Waals surface area contributed by atoms with Crippen molar-refractivity contribution in [2.45, 2.75) is 49.2 Å². The van der Waals surface area contributed by atoms with Gasteiger partial charge in [-0.1, -0.05) is 25.6 Å². The Balaban J connectivity index is 2.63. The number of hydrogen-bond acceptors (Lipinski definition) is 7. The zero-order valence-corrected chi connectivity index (χ0v) is 13.4. The SMILES string of the molecule is CCNC(C)(CC(C)Sc1ncns1)C(=O)OCC. The summed E-state index contributed by atoms with van der Waals surface area (Å²) in [7, 11) is 0. The topological polar surface area (TPSA) is 64.1 Å². The van der Waals surface area contributed by atoms with Crippen LogP contribution in [0, 0.1) is 0 Å². The van der Waals surface area contributed by atoms with Crippen LogP contribution in [0.1, 0.15) is 34.1 Å². The van der Waals surface area contributed by atoms with Crippen molar-refractivity contribution in [3.8, 4) is 0 Å². The minimum atomic E-state index is -0.651. The van der Waals surface area contributed by atoms with Crippen LogP contribution >= 0.6 is 23.3 Å². The van der Waals surface area contributed by atoms with E-state index in [1.807, 2.05) is 20.8 Å². The third-order valence-electron chi connectivity index (χ3n) is 2.63. The van der Waals surface area contributed by atoms with Crippen molar-refractivity contribution in [3.05, 3.63) is 6.33 Å². The maximum absolute atomic E-state index is 12.1. The number of carbonyl (C=O) groups is 1. The van der Waals surface area contributed by atoms with Gasteiger partial charge in [0.2, 0.25) is 0 Å². The predicted molar refractivity (Wildman–Crippen MR) is 78.6 cm³/mol. The molecule has 108 valence electrons. The number of thioether (sulfide) groups is 1. The standard InChI is InChI=1S/C12H21N3O2S2/c1-5-14-12(4,10(16)17-6-2)7-9(3)18-11-13-8-15-19-11/h8-9,14H,5-7H2,1-4H3. The fourth-order valence-electron chi connectivity index (χ4n) is 1.91. The zero-order valence-electron chi connectivity index (χ0n) is 11.8. The molecule has 1 rings (SSSR count). The molecular formula is C12H21N3O2S2. The predicted octanol–water partition coefficient (Wildman–Crippen LogP) is 2.34. The van der Waals surface area contributed by atoms with Crippen molar-refractivity contribution in [2.24, 2.45) is 0 Å². The summed E-state index contributed by atoms with van der Waals surface area (Å²) >= 11 is 3.01. The molecule has 19 heavy (non-hydrogen) atoms. The summed E-state index contributed by atoms with van der Waals surface area (Å²) in [4.78, 5) is 16.2. The molecular weight excluding hydrogens is 282 g/mol. The van der Waals surface area contributed by atoms with Crippen molar-refractivity contribution < 1.29 is 9.53 Å². The fraction of sp³-hybridized carbons (Fsp3) is 0.750. The summed E-state index contributed by atoms with van der Waals surface area (Å²) in [5, 5.41) is 3.48. The number of carbonyl (C=O) groups excluding carboxylic acids is 1. The Morgan fingerprint density at radius 3 is 2.89 bits per heavy atom. The number of nitrogens with zero attached hydrogens (tertiary/aromatic N) is 2. The van der Waals surface area contributed by atoms with Crippen molar-refractivity contribution >= 4 is 29.3 Å². The van der Waals surface area contributed by atoms with Crippen LogP contribution in [-0.2, 0) is 9.53 Å². The first-order valence-electron chi connectivity index (χ1n) is 6.37. The highest BCUT2D eigenvalue weighted by Crippen LogP contribution is 2.29. The molecule has 2 unspecified atom stereocenters. The van der Waals surface area contributed by atoms with Crippen LogP contribution < -0.4 is 5.32 Å². The molecule has 0 fully saturated rings. The minimum absolute atomic E-state index is 0.193. The highest BCUT2D eigenvalue weighted by atomic mass is 32.2. The highest BCUT2D eigenvalue weighted by Gasteiger charge is 2.35. The fourth-order valence-corrected chi connectivity index (χ4v) is 3.85. The van der Waals surface area contributed by atoms with E-state index in [2.05, 4.69) is 21.6 Å². The quantitative estimate of drug-likeness (QED) is 0.587. The average Bonchev–Trinajstić information content (AvgIpc) is 2.82. The molecule has 0 aliphatic rings. The molecule has 0 bridgehead atoms. The monoisotopic (exact) mass is 303 g/mol. The summed E-state index contributed by atoms with van der Waals surface area (Å²) in [5.41, 5.74) is -0.651. The van der Waals surface area contributed by atoms with Crippen LogP contribution in [-0.4, -0.2) is 39.3 Å². The van der Waals surface area contributed by atoms with E-state index >= 15 is 0 Å². The molecule has 0 amide bonds. The minimum Gasteiger partial charge on any atom is -0.465 e. The van der Waals surface area contributed by atoms with E-state index < -0.39 is 5.54 Å². The normalized spacial score (nSPS) is 15.8. The number of esters is 1. The first-order valence-corrected chi connectivity index (χ1v) is 8.02. The Morgan fingerprint density at radius 2 is 2.37 bits per heavy atom. The van der Waals surface area contributed by atoms with Gasteiger partial charge >= 0.3 is 5.97 Å². The van der Waals surface area contributed by atoms with Gasteiger partial charge in [-0.25, -0.2) is 4.98 Å². The van der Waals surface area contributed by atoms with Crippen molar-refractivity contribution in [2.75, 3.05) is 13.2 Å². The first-order chi connectivity index (χ1) is 9.01. The maximum Gasteiger partial charge on any atom is 0.326 e. The zero-order chi connectivity index (χ0) is 14.3. The number of likely N-dealkylation sites (N-methyl/N-ethyl adjacent to an activating group) is 1. The molecule has 7 heteroatoms. The van der Waals surface area contributed by atoms with Crippen LogP contribution in [0.3, 0.4) is 0 Å². The smallest absolute Gasteiger partial charge is 0.326 e. The van der Waals surface area contributed by atoms with Gasteiger partial charge in [0.05, 0.1) is 6.61 Å². The number of ether oxygens (including phenoxy) is 1. The lowest BCUT2D eigenvalue weighted by atomic mass is 9.96. The number of rotatable bonds is 8. The van der Waals surface area contributed by atoms with Crippen molar-refractivity contribution in [3.63, 3.8) is 0 Å². The Morgan fingerprint density at radius 1 is 1.63 bits per heavy atom. The second-order valence-corrected chi connectivity index (χ2v) is 6.89. The van der Waals surface area contributed by atoms with Crippen LogP contribution in [0.25, 0.3) is 0 Å². The van der Waals surface area contributed by atoms with Crippen LogP contribution in [0.4, 0.5) is 0 Å². The Bertz CT molecular complexity index is 386. The second-order valence-electron chi connectivity index (χ2n) is 4.42. The van der Waals surface area contributed by atoms with Crippen LogP contribution in [0.5, 0.6) is 0 Å². The van der Waals surface area contributed by atoms with Gasteiger partial charge in [0.1, 0.15) is 11.9 Å². The van der Waals surface area contributed by atoms with Crippen LogP contribution in [0.2, 0.25) is 0 Å². The van der Waals surface area contributed by atoms with Gasteiger partial charge in [0.15, 0.2) is 4.34 Å². The van der Waals surface area contributed by atoms with E-state index in [0.717, 1.165) is 10.9 Å². The molecule has 0 spiro atoms. The summed E-state index contributed by atoms with van der Waals surface area (Å²) in [6.45, 7) is 8.92. The van der Waals surface area contributed by atoms with E-state index in [9.17, 15) is 4.79 Å². The molecule has 0 radical (unpaired) electrons. The largest absolute Gasteiger partial charge is 0.465 e. The maximum atomic E-state index is 12.1. The lowest BCUT2D eigenvalue weighted by Gasteiger charge is -2.30. The van der Waals surface area contributed by atoms with Crippen LogP contribution in [0.15, 0.2) is 10.7 Å². The number of hydrogen-bond donors (Lipinski definition) is 1. The lowest BCUT2D eigenvalue weighted by molar-refractivity contribution is -0.150. The van der Waals surface area contributed by atoms with E-state index in [1.54, 1.807) is 18.1 Å². The summed E-state index contributed by atoms with van der Waals surface area (Å²) in [5.74, 6) is -0.193. The molecule has 1 N–H and O–H groups in total. The average molecular weight is 303 g/mol. The summed E-state index contributed by atoms with van der Waals surface area (Å²) in [6.07, 6.45) is 2.23. The van der Waals surface area contributed by atoms with E-state index in [1.165, 1.54) is 11.5 Å². The van der Waals surface area contributed by atoms with Crippen molar-refractivity contribution in [1.29, 1.82) is 0 Å². The molecule has 1 heterocycles. The molecule has 1 aromatic heterocycles. The summed E-state index contributed by atoms with van der Waals surface area (Å²) < 4.78 is 10.1. The number of aromatic nitrogens is 2. The lowest BCUT2D eigenvalue weighted by Crippen LogP contribution is -2.51. The molecule has 5 nitrogen and oxygen atoms in total. The van der Waals surface area contributed by atoms with Gasteiger partial charge in [0.25, 0.3) is 0 Å². The summed E-state index contributed by atoms with van der Waals surface area (Å²) in [6, 6.07) is 0. The Kier molecular flexibility index (Phi) is 6.74. The van der Waals surface area contributed by atoms with Gasteiger partial charge in [-0.05, 0) is 38.3 Å². The molecule has 0 saturated heterocycles. The van der Waals surface area contributed by atoms with Gasteiger partial charge in [-0.15, -0.1) is 0 Å². The highest BCUT2D eigenvalue weighted by molar-refractivity contribution is 8.01. The van der Waals surface area contributed by atoms with E-state index in [4.69, 9.17) is 4.74 Å². The van der Waals surface area contributed by atoms with Gasteiger partial charge in [0, 0.05) is 5.25 Å².